The Kier molecular flexibility index (Phi) is 3.38. The maximum atomic E-state index is 12.6. The zero-order valence-electron chi connectivity index (χ0n) is 10.6. The molecule has 4 nitrogen and oxygen atoms in total. The standard InChI is InChI=1S/C14H16N2O2S/c15-14-16-11(10-7-4-8-18-10)13(19-14)12(17)9-5-2-1-3-6-9/h4,7-9H,1-3,5-6H2,(H2,15,16). The molecule has 5 heteroatoms. The number of aromatic nitrogens is 1. The van der Waals surface area contributed by atoms with E-state index in [9.17, 15) is 4.79 Å². The van der Waals surface area contributed by atoms with Crippen LogP contribution < -0.4 is 5.73 Å². The lowest BCUT2D eigenvalue weighted by molar-refractivity contribution is 0.0894. The van der Waals surface area contributed by atoms with Crippen LogP contribution in [0.4, 0.5) is 5.13 Å². The van der Waals surface area contributed by atoms with Gasteiger partial charge in [0.25, 0.3) is 0 Å². The molecule has 2 aromatic rings. The average Bonchev–Trinajstić information content (AvgIpc) is 3.07. The molecule has 0 aromatic carbocycles. The van der Waals surface area contributed by atoms with Crippen LogP contribution in [0.25, 0.3) is 11.5 Å². The van der Waals surface area contributed by atoms with Crippen molar-refractivity contribution in [2.45, 2.75) is 32.1 Å². The predicted octanol–water partition coefficient (Wildman–Crippen LogP) is 3.75. The highest BCUT2D eigenvalue weighted by Crippen LogP contribution is 2.35. The van der Waals surface area contributed by atoms with Crippen molar-refractivity contribution in [3.8, 4) is 11.5 Å². The Morgan fingerprint density at radius 1 is 1.37 bits per heavy atom. The van der Waals surface area contributed by atoms with Gasteiger partial charge in [-0.25, -0.2) is 4.98 Å². The summed E-state index contributed by atoms with van der Waals surface area (Å²) in [5.74, 6) is 0.926. The van der Waals surface area contributed by atoms with Gasteiger partial charge in [0.15, 0.2) is 16.7 Å². The molecule has 100 valence electrons. The van der Waals surface area contributed by atoms with Crippen LogP contribution in [0.2, 0.25) is 0 Å². The summed E-state index contributed by atoms with van der Waals surface area (Å²) in [6, 6.07) is 3.60. The lowest BCUT2D eigenvalue weighted by Gasteiger charge is -2.19. The second kappa shape index (κ2) is 5.17. The van der Waals surface area contributed by atoms with E-state index >= 15 is 0 Å². The summed E-state index contributed by atoms with van der Waals surface area (Å²) in [4.78, 5) is 17.5. The molecule has 1 saturated carbocycles. The third-order valence-electron chi connectivity index (χ3n) is 3.60. The second-order valence-corrected chi connectivity index (χ2v) is 5.94. The smallest absolute Gasteiger partial charge is 0.181 e. The number of hydrogen-bond donors (Lipinski definition) is 1. The monoisotopic (exact) mass is 276 g/mol. The molecule has 0 atom stereocenters. The van der Waals surface area contributed by atoms with Crippen LogP contribution in [0.5, 0.6) is 0 Å². The summed E-state index contributed by atoms with van der Waals surface area (Å²) in [5.41, 5.74) is 6.37. The molecule has 1 aliphatic rings. The number of thiazole rings is 1. The molecule has 1 fully saturated rings. The van der Waals surface area contributed by atoms with Crippen molar-refractivity contribution in [1.29, 1.82) is 0 Å². The van der Waals surface area contributed by atoms with Gasteiger partial charge in [0.2, 0.25) is 0 Å². The van der Waals surface area contributed by atoms with Crippen molar-refractivity contribution in [3.63, 3.8) is 0 Å². The lowest BCUT2D eigenvalue weighted by atomic mass is 9.85. The SMILES string of the molecule is Nc1nc(-c2ccco2)c(C(=O)C2CCCCC2)s1. The average molecular weight is 276 g/mol. The Morgan fingerprint density at radius 3 is 2.84 bits per heavy atom. The second-order valence-electron chi connectivity index (χ2n) is 4.91. The number of carbonyl (C=O) groups is 1. The topological polar surface area (TPSA) is 69.1 Å². The van der Waals surface area contributed by atoms with Gasteiger partial charge in [-0.2, -0.15) is 0 Å². The van der Waals surface area contributed by atoms with E-state index in [2.05, 4.69) is 4.98 Å². The van der Waals surface area contributed by atoms with Crippen LogP contribution in [0.3, 0.4) is 0 Å². The Hall–Kier alpha value is -1.62. The maximum Gasteiger partial charge on any atom is 0.181 e. The number of nitrogens with two attached hydrogens (primary N) is 1. The van der Waals surface area contributed by atoms with Crippen LogP contribution in [0.15, 0.2) is 22.8 Å². The summed E-state index contributed by atoms with van der Waals surface area (Å²) >= 11 is 1.27. The first-order valence-electron chi connectivity index (χ1n) is 6.60. The van der Waals surface area contributed by atoms with Gasteiger partial charge in [-0.1, -0.05) is 30.6 Å². The first-order valence-corrected chi connectivity index (χ1v) is 7.42. The Labute approximate surface area is 115 Å². The molecule has 2 aromatic heterocycles. The molecule has 2 N–H and O–H groups in total. The summed E-state index contributed by atoms with van der Waals surface area (Å²) in [6.45, 7) is 0. The van der Waals surface area contributed by atoms with Crippen LogP contribution >= 0.6 is 11.3 Å². The van der Waals surface area contributed by atoms with Crippen molar-refractivity contribution in [1.82, 2.24) is 4.98 Å². The molecule has 2 heterocycles. The Morgan fingerprint density at radius 2 is 2.16 bits per heavy atom. The number of furan rings is 1. The van der Waals surface area contributed by atoms with Gasteiger partial charge < -0.3 is 10.2 Å². The largest absolute Gasteiger partial charge is 0.463 e. The van der Waals surface area contributed by atoms with Gasteiger partial charge in [0.05, 0.1) is 6.26 Å². The van der Waals surface area contributed by atoms with Gasteiger partial charge in [-0.05, 0) is 25.0 Å². The number of carbonyl (C=O) groups excluding carboxylic acids is 1. The minimum atomic E-state index is 0.127. The molecule has 1 aliphatic carbocycles. The molecular formula is C14H16N2O2S. The predicted molar refractivity (Wildman–Crippen MR) is 75.1 cm³/mol. The van der Waals surface area contributed by atoms with E-state index in [1.807, 2.05) is 6.07 Å². The highest BCUT2D eigenvalue weighted by Gasteiger charge is 2.28. The normalized spacial score (nSPS) is 16.6. The van der Waals surface area contributed by atoms with E-state index < -0.39 is 0 Å². The molecule has 0 saturated heterocycles. The Bertz CT molecular complexity index is 568. The van der Waals surface area contributed by atoms with Crippen LogP contribution in [0.1, 0.15) is 41.8 Å². The number of anilines is 1. The van der Waals surface area contributed by atoms with Crippen LogP contribution in [0, 0.1) is 5.92 Å². The third-order valence-corrected chi connectivity index (χ3v) is 4.50. The molecule has 0 aliphatic heterocycles. The van der Waals surface area contributed by atoms with Crippen molar-refractivity contribution in [2.75, 3.05) is 5.73 Å². The molecule has 0 unspecified atom stereocenters. The fraction of sp³-hybridized carbons (Fsp3) is 0.429. The number of ketones is 1. The van der Waals surface area contributed by atoms with Crippen LogP contribution in [-0.4, -0.2) is 10.8 Å². The summed E-state index contributed by atoms with van der Waals surface area (Å²) < 4.78 is 5.35. The fourth-order valence-electron chi connectivity index (χ4n) is 2.63. The summed E-state index contributed by atoms with van der Waals surface area (Å²) in [5, 5.41) is 0.422. The summed E-state index contributed by atoms with van der Waals surface area (Å²) in [6.07, 6.45) is 7.06. The highest BCUT2D eigenvalue weighted by molar-refractivity contribution is 7.17. The van der Waals surface area contributed by atoms with Gasteiger partial charge in [0, 0.05) is 5.92 Å². The fourth-order valence-corrected chi connectivity index (χ4v) is 3.49. The minimum Gasteiger partial charge on any atom is -0.463 e. The Balaban J connectivity index is 1.93. The first kappa shape index (κ1) is 12.4. The lowest BCUT2D eigenvalue weighted by Crippen LogP contribution is -2.17. The van der Waals surface area contributed by atoms with Gasteiger partial charge >= 0.3 is 0 Å². The summed E-state index contributed by atoms with van der Waals surface area (Å²) in [7, 11) is 0. The number of nitrogen functional groups attached to an aromatic ring is 1. The van der Waals surface area contributed by atoms with E-state index in [1.165, 1.54) is 17.8 Å². The molecule has 19 heavy (non-hydrogen) atoms. The van der Waals surface area contributed by atoms with Gasteiger partial charge in [-0.15, -0.1) is 0 Å². The van der Waals surface area contributed by atoms with Gasteiger partial charge in [-0.3, -0.25) is 4.79 Å². The van der Waals surface area contributed by atoms with Crippen molar-refractivity contribution < 1.29 is 9.21 Å². The van der Waals surface area contributed by atoms with E-state index in [1.54, 1.807) is 12.3 Å². The van der Waals surface area contributed by atoms with Crippen molar-refractivity contribution in [2.24, 2.45) is 5.92 Å². The van der Waals surface area contributed by atoms with E-state index in [-0.39, 0.29) is 11.7 Å². The molecule has 0 amide bonds. The molecule has 0 radical (unpaired) electrons. The van der Waals surface area contributed by atoms with E-state index in [4.69, 9.17) is 10.2 Å². The first-order chi connectivity index (χ1) is 9.25. The zero-order valence-corrected chi connectivity index (χ0v) is 11.4. The quantitative estimate of drug-likeness (QED) is 0.867. The number of Topliss-reactive ketones (excluding diaryl/α,β-unsaturated/α-hetero) is 1. The molecule has 0 spiro atoms. The van der Waals surface area contributed by atoms with Crippen LogP contribution in [-0.2, 0) is 0 Å². The van der Waals surface area contributed by atoms with E-state index in [0.717, 1.165) is 25.7 Å². The number of rotatable bonds is 3. The molecule has 3 rings (SSSR count). The zero-order chi connectivity index (χ0) is 13.2. The van der Waals surface area contributed by atoms with E-state index in [0.29, 0.717) is 21.5 Å². The maximum absolute atomic E-state index is 12.6. The number of nitrogens with zero attached hydrogens (tertiary/aromatic N) is 1. The highest BCUT2D eigenvalue weighted by atomic mass is 32.1. The van der Waals surface area contributed by atoms with Crippen molar-refractivity contribution >= 4 is 22.3 Å². The molecule has 0 bridgehead atoms. The minimum absolute atomic E-state index is 0.127. The van der Waals surface area contributed by atoms with Crippen molar-refractivity contribution in [3.05, 3.63) is 23.3 Å². The number of hydrogen-bond acceptors (Lipinski definition) is 5. The molecular weight excluding hydrogens is 260 g/mol. The third kappa shape index (κ3) is 2.42. The van der Waals surface area contributed by atoms with Gasteiger partial charge in [0.1, 0.15) is 10.6 Å².